The van der Waals surface area contributed by atoms with Gasteiger partial charge in [0.1, 0.15) is 18.2 Å². The average Bonchev–Trinajstić information content (AvgIpc) is 3.09. The zero-order chi connectivity index (χ0) is 17.5. The molecule has 3 rings (SSSR count). The highest BCUT2D eigenvalue weighted by atomic mass is 35.5. The Morgan fingerprint density at radius 3 is 2.74 bits per heavy atom. The van der Waals surface area contributed by atoms with Crippen LogP contribution in [0.4, 0.5) is 4.39 Å². The molecule has 1 fully saturated rings. The maximum Gasteiger partial charge on any atom is 0.129 e. The van der Waals surface area contributed by atoms with Crippen molar-refractivity contribution in [2.75, 3.05) is 19.6 Å². The number of likely N-dealkylation sites (N-methyl/N-ethyl adjacent to an activating group) is 1. The van der Waals surface area contributed by atoms with Crippen LogP contribution in [-0.2, 0) is 13.2 Å². The molecule has 1 unspecified atom stereocenters. The average molecular weight is 415 g/mol. The van der Waals surface area contributed by atoms with Crippen LogP contribution in [0.15, 0.2) is 48.5 Å². The topological polar surface area (TPSA) is 24.5 Å². The van der Waals surface area contributed by atoms with Gasteiger partial charge in [-0.3, -0.25) is 4.90 Å². The summed E-state index contributed by atoms with van der Waals surface area (Å²) in [5, 5.41) is 3.56. The van der Waals surface area contributed by atoms with Crippen molar-refractivity contribution < 1.29 is 9.13 Å². The van der Waals surface area contributed by atoms with Gasteiger partial charge < -0.3 is 10.1 Å². The zero-order valence-electron chi connectivity index (χ0n) is 15.7. The quantitative estimate of drug-likeness (QED) is 0.669. The van der Waals surface area contributed by atoms with Crippen LogP contribution in [0.5, 0.6) is 5.75 Å². The minimum atomic E-state index is -0.225. The fraction of sp³-hybridized carbons (Fsp3) is 0.429. The van der Waals surface area contributed by atoms with Crippen LogP contribution in [-0.4, -0.2) is 30.6 Å². The number of benzene rings is 2. The molecule has 6 heteroatoms. The number of hydrogen-bond acceptors (Lipinski definition) is 3. The van der Waals surface area contributed by atoms with E-state index < -0.39 is 0 Å². The lowest BCUT2D eigenvalue weighted by molar-refractivity contribution is 0.260. The molecule has 3 nitrogen and oxygen atoms in total. The highest BCUT2D eigenvalue weighted by molar-refractivity contribution is 5.85. The molecule has 1 N–H and O–H groups in total. The predicted octanol–water partition coefficient (Wildman–Crippen LogP) is 4.82. The zero-order valence-corrected chi connectivity index (χ0v) is 17.3. The number of nitrogens with zero attached hydrogens (tertiary/aromatic N) is 1. The summed E-state index contributed by atoms with van der Waals surface area (Å²) in [6.07, 6.45) is 2.59. The summed E-state index contributed by atoms with van der Waals surface area (Å²) >= 11 is 0. The van der Waals surface area contributed by atoms with Gasteiger partial charge >= 0.3 is 0 Å². The molecular weight excluding hydrogens is 386 g/mol. The van der Waals surface area contributed by atoms with Crippen LogP contribution in [0.3, 0.4) is 0 Å². The Bertz CT molecular complexity index is 687. The van der Waals surface area contributed by atoms with E-state index in [0.717, 1.165) is 25.4 Å². The van der Waals surface area contributed by atoms with Gasteiger partial charge in [-0.15, -0.1) is 24.8 Å². The molecule has 2 aromatic carbocycles. The first-order valence-electron chi connectivity index (χ1n) is 9.16. The second kappa shape index (κ2) is 12.2. The van der Waals surface area contributed by atoms with Crippen LogP contribution in [0.1, 0.15) is 30.9 Å². The number of hydrogen-bond donors (Lipinski definition) is 1. The van der Waals surface area contributed by atoms with Gasteiger partial charge in [0.25, 0.3) is 0 Å². The number of ether oxygens (including phenoxy) is 1. The predicted molar refractivity (Wildman–Crippen MR) is 114 cm³/mol. The summed E-state index contributed by atoms with van der Waals surface area (Å²) < 4.78 is 19.4. The van der Waals surface area contributed by atoms with E-state index in [1.807, 2.05) is 24.3 Å². The van der Waals surface area contributed by atoms with E-state index in [2.05, 4.69) is 23.2 Å². The Morgan fingerprint density at radius 2 is 1.96 bits per heavy atom. The second-order valence-electron chi connectivity index (χ2n) is 6.58. The Hall–Kier alpha value is -1.33. The van der Waals surface area contributed by atoms with E-state index in [9.17, 15) is 4.39 Å². The summed E-state index contributed by atoms with van der Waals surface area (Å²) in [6, 6.07) is 15.4. The van der Waals surface area contributed by atoms with Crippen molar-refractivity contribution >= 4 is 24.8 Å². The van der Waals surface area contributed by atoms with Crippen LogP contribution in [0, 0.1) is 5.82 Å². The molecule has 0 radical (unpaired) electrons. The molecular formula is C21H29Cl2FN2O. The highest BCUT2D eigenvalue weighted by Crippen LogP contribution is 2.18. The molecule has 150 valence electrons. The molecule has 0 spiro atoms. The third-order valence-electron chi connectivity index (χ3n) is 4.86. The lowest BCUT2D eigenvalue weighted by Crippen LogP contribution is -2.37. The van der Waals surface area contributed by atoms with Crippen molar-refractivity contribution in [1.82, 2.24) is 10.2 Å². The van der Waals surface area contributed by atoms with Crippen molar-refractivity contribution in [3.05, 3.63) is 65.5 Å². The Morgan fingerprint density at radius 1 is 1.15 bits per heavy atom. The van der Waals surface area contributed by atoms with Crippen molar-refractivity contribution in [3.63, 3.8) is 0 Å². The first kappa shape index (κ1) is 23.7. The largest absolute Gasteiger partial charge is 0.489 e. The summed E-state index contributed by atoms with van der Waals surface area (Å²) in [4.78, 5) is 2.54. The van der Waals surface area contributed by atoms with Crippen molar-refractivity contribution in [2.24, 2.45) is 0 Å². The lowest BCUT2D eigenvalue weighted by atomic mass is 10.2. The molecule has 1 saturated heterocycles. The standard InChI is InChI=1S/C21H27FN2O.2ClH/c1-2-24-12-6-9-19(24)15-23-14-17-7-5-10-20(13-17)25-16-18-8-3-4-11-21(18)22;;/h3-5,7-8,10-11,13,19,23H,2,6,9,12,14-16H2,1H3;2*1H. The molecule has 1 aliphatic heterocycles. The van der Waals surface area contributed by atoms with Crippen LogP contribution < -0.4 is 10.1 Å². The van der Waals surface area contributed by atoms with Gasteiger partial charge in [-0.05, 0) is 49.7 Å². The van der Waals surface area contributed by atoms with E-state index >= 15 is 0 Å². The first-order chi connectivity index (χ1) is 12.3. The number of nitrogens with one attached hydrogen (secondary N) is 1. The van der Waals surface area contributed by atoms with E-state index in [1.54, 1.807) is 12.1 Å². The summed E-state index contributed by atoms with van der Waals surface area (Å²) in [5.41, 5.74) is 1.76. The van der Waals surface area contributed by atoms with Gasteiger partial charge in [-0.2, -0.15) is 0 Å². The van der Waals surface area contributed by atoms with Gasteiger partial charge in [-0.1, -0.05) is 37.3 Å². The summed E-state index contributed by atoms with van der Waals surface area (Å²) in [7, 11) is 0. The van der Waals surface area contributed by atoms with Gasteiger partial charge in [-0.25, -0.2) is 4.39 Å². The fourth-order valence-corrected chi connectivity index (χ4v) is 3.45. The molecule has 0 bridgehead atoms. The van der Waals surface area contributed by atoms with Crippen LogP contribution in [0.25, 0.3) is 0 Å². The van der Waals surface area contributed by atoms with Gasteiger partial charge in [0.05, 0.1) is 0 Å². The van der Waals surface area contributed by atoms with E-state index in [-0.39, 0.29) is 37.2 Å². The minimum absolute atomic E-state index is 0. The number of rotatable bonds is 8. The SMILES string of the molecule is CCN1CCCC1CNCc1cccc(OCc2ccccc2F)c1.Cl.Cl. The number of likely N-dealkylation sites (tertiary alicyclic amines) is 1. The van der Waals surface area contributed by atoms with Gasteiger partial charge in [0.2, 0.25) is 0 Å². The maximum absolute atomic E-state index is 13.7. The van der Waals surface area contributed by atoms with Crippen LogP contribution in [0.2, 0.25) is 0 Å². The smallest absolute Gasteiger partial charge is 0.129 e. The van der Waals surface area contributed by atoms with Gasteiger partial charge in [0.15, 0.2) is 0 Å². The minimum Gasteiger partial charge on any atom is -0.489 e. The lowest BCUT2D eigenvalue weighted by Gasteiger charge is -2.23. The molecule has 0 aromatic heterocycles. The fourth-order valence-electron chi connectivity index (χ4n) is 3.45. The monoisotopic (exact) mass is 414 g/mol. The molecule has 1 atom stereocenters. The molecule has 27 heavy (non-hydrogen) atoms. The van der Waals surface area contributed by atoms with Gasteiger partial charge in [0, 0.05) is 24.7 Å². The van der Waals surface area contributed by atoms with Crippen molar-refractivity contribution in [2.45, 2.75) is 39.0 Å². The Labute approximate surface area is 174 Å². The first-order valence-corrected chi connectivity index (χ1v) is 9.16. The molecule has 1 aliphatic rings. The summed E-state index contributed by atoms with van der Waals surface area (Å²) in [5.74, 6) is 0.552. The normalized spacial score (nSPS) is 16.4. The molecule has 1 heterocycles. The van der Waals surface area contributed by atoms with E-state index in [1.165, 1.54) is 31.0 Å². The third-order valence-corrected chi connectivity index (χ3v) is 4.86. The van der Waals surface area contributed by atoms with Crippen LogP contribution >= 0.6 is 24.8 Å². The highest BCUT2D eigenvalue weighted by Gasteiger charge is 2.21. The third kappa shape index (κ3) is 6.96. The Balaban J connectivity index is 0.00000182. The Kier molecular flexibility index (Phi) is 10.7. The molecule has 0 amide bonds. The maximum atomic E-state index is 13.7. The second-order valence-corrected chi connectivity index (χ2v) is 6.58. The van der Waals surface area contributed by atoms with Crippen molar-refractivity contribution in [3.8, 4) is 5.75 Å². The summed E-state index contributed by atoms with van der Waals surface area (Å²) in [6.45, 7) is 6.68. The van der Waals surface area contributed by atoms with Crippen molar-refractivity contribution in [1.29, 1.82) is 0 Å². The molecule has 0 aliphatic carbocycles. The molecule has 2 aromatic rings. The number of halogens is 3. The van der Waals surface area contributed by atoms with E-state index in [0.29, 0.717) is 11.6 Å². The molecule has 0 saturated carbocycles. The van der Waals surface area contributed by atoms with E-state index in [4.69, 9.17) is 4.74 Å².